The van der Waals surface area contributed by atoms with Crippen LogP contribution in [0, 0.1) is 0 Å². The van der Waals surface area contributed by atoms with Crippen LogP contribution in [0.2, 0.25) is 0 Å². The van der Waals surface area contributed by atoms with Gasteiger partial charge in [0.25, 0.3) is 0 Å². The molecule has 5 nitrogen and oxygen atoms in total. The lowest BCUT2D eigenvalue weighted by molar-refractivity contribution is -0.155. The van der Waals surface area contributed by atoms with Crippen LogP contribution in [0.5, 0.6) is 0 Å². The summed E-state index contributed by atoms with van der Waals surface area (Å²) in [7, 11) is 0. The molecule has 0 aliphatic heterocycles. The van der Waals surface area contributed by atoms with Gasteiger partial charge in [-0.2, -0.15) is 0 Å². The molecule has 4 rings (SSSR count). The molecule has 0 fully saturated rings. The lowest BCUT2D eigenvalue weighted by Crippen LogP contribution is -2.51. The topological polar surface area (TPSA) is 65.0 Å². The Kier molecular flexibility index (Phi) is 7.68. The minimum absolute atomic E-state index is 0.0322. The second-order valence-corrected chi connectivity index (χ2v) is 8.20. The molecular weight excluding hydrogens is 416 g/mol. The van der Waals surface area contributed by atoms with E-state index in [1.807, 2.05) is 91.0 Å². The summed E-state index contributed by atoms with van der Waals surface area (Å²) >= 11 is 0. The van der Waals surface area contributed by atoms with Gasteiger partial charge < -0.3 is 19.3 Å². The molecule has 0 spiro atoms. The van der Waals surface area contributed by atoms with Crippen LogP contribution < -0.4 is 0 Å². The molecule has 0 radical (unpaired) electrons. The Hall–Kier alpha value is -3.25. The van der Waals surface area contributed by atoms with E-state index in [4.69, 9.17) is 14.2 Å². The number of hydrogen-bond donors (Lipinski definition) is 1. The Labute approximate surface area is 194 Å². The van der Waals surface area contributed by atoms with Crippen molar-refractivity contribution in [3.63, 3.8) is 0 Å². The second kappa shape index (κ2) is 11.1. The Morgan fingerprint density at radius 3 is 1.85 bits per heavy atom. The molecule has 0 heterocycles. The normalized spacial score (nSPS) is 20.3. The molecule has 33 heavy (non-hydrogen) atoms. The smallest absolute Gasteiger partial charge is 0.200 e. The molecule has 1 aliphatic carbocycles. The van der Waals surface area contributed by atoms with E-state index in [9.17, 15) is 9.90 Å². The summed E-state index contributed by atoms with van der Waals surface area (Å²) in [6, 6.07) is 29.1. The fraction of sp³-hybridized carbons (Fsp3) is 0.250. The Morgan fingerprint density at radius 1 is 0.758 bits per heavy atom. The molecule has 1 aliphatic rings. The number of ether oxygens (including phenoxy) is 3. The maximum absolute atomic E-state index is 12.8. The first kappa shape index (κ1) is 22.9. The van der Waals surface area contributed by atoms with Crippen molar-refractivity contribution in [3.8, 4) is 0 Å². The van der Waals surface area contributed by atoms with Crippen LogP contribution >= 0.6 is 0 Å². The summed E-state index contributed by atoms with van der Waals surface area (Å²) in [6.07, 6.45) is 0.697. The first-order chi connectivity index (χ1) is 16.1. The van der Waals surface area contributed by atoms with Gasteiger partial charge in [-0.05, 0) is 22.8 Å². The Balaban J connectivity index is 1.47. The molecule has 5 heteroatoms. The number of carbonyl (C=O) groups is 1. The van der Waals surface area contributed by atoms with Crippen LogP contribution in [0.4, 0.5) is 0 Å². The van der Waals surface area contributed by atoms with E-state index in [2.05, 4.69) is 0 Å². The minimum Gasteiger partial charge on any atom is -0.485 e. The first-order valence-corrected chi connectivity index (χ1v) is 11.0. The average Bonchev–Trinajstić information content (AvgIpc) is 2.85. The van der Waals surface area contributed by atoms with Gasteiger partial charge in [-0.1, -0.05) is 91.0 Å². The quantitative estimate of drug-likeness (QED) is 0.495. The van der Waals surface area contributed by atoms with Crippen LogP contribution in [-0.4, -0.2) is 29.2 Å². The zero-order valence-electron chi connectivity index (χ0n) is 18.4. The number of Topliss-reactive ketones (excluding diaryl/α,β-unsaturated/α-hetero) is 1. The summed E-state index contributed by atoms with van der Waals surface area (Å²) in [6.45, 7) is 0.870. The number of rotatable bonds is 10. The summed E-state index contributed by atoms with van der Waals surface area (Å²) < 4.78 is 17.7. The van der Waals surface area contributed by atoms with Gasteiger partial charge in [-0.25, -0.2) is 0 Å². The van der Waals surface area contributed by atoms with E-state index in [0.29, 0.717) is 13.2 Å². The molecule has 0 amide bonds. The van der Waals surface area contributed by atoms with Crippen molar-refractivity contribution in [2.24, 2.45) is 0 Å². The Bertz CT molecular complexity index is 1050. The molecule has 0 saturated heterocycles. The van der Waals surface area contributed by atoms with Crippen LogP contribution in [0.15, 0.2) is 103 Å². The zero-order chi connectivity index (χ0) is 22.9. The molecule has 3 aromatic rings. The van der Waals surface area contributed by atoms with Gasteiger partial charge in [0.15, 0.2) is 11.5 Å². The van der Waals surface area contributed by atoms with Crippen molar-refractivity contribution in [2.75, 3.05) is 6.61 Å². The van der Waals surface area contributed by atoms with Crippen molar-refractivity contribution in [1.82, 2.24) is 0 Å². The molecule has 0 saturated carbocycles. The Morgan fingerprint density at radius 2 is 1.27 bits per heavy atom. The van der Waals surface area contributed by atoms with E-state index in [0.717, 1.165) is 16.7 Å². The number of allylic oxidation sites excluding steroid dienone is 1. The number of aliphatic hydroxyl groups is 1. The molecule has 170 valence electrons. The van der Waals surface area contributed by atoms with Crippen molar-refractivity contribution in [2.45, 2.75) is 37.9 Å². The van der Waals surface area contributed by atoms with Crippen LogP contribution in [0.1, 0.15) is 23.1 Å². The third kappa shape index (κ3) is 6.39. The lowest BCUT2D eigenvalue weighted by atomic mass is 9.85. The predicted molar refractivity (Wildman–Crippen MR) is 125 cm³/mol. The summed E-state index contributed by atoms with van der Waals surface area (Å²) in [5.74, 6) is -0.0547. The summed E-state index contributed by atoms with van der Waals surface area (Å²) in [4.78, 5) is 12.8. The third-order valence-electron chi connectivity index (χ3n) is 5.55. The number of carbonyl (C=O) groups excluding carboxylic acids is 1. The molecule has 2 atom stereocenters. The standard InChI is InChI=1S/C28H28O5/c29-25-17-28(30,21-31-18-22-10-4-1-5-11-22)27(33-20-24-14-8-3-9-15-24)16-26(25)32-19-23-12-6-2-7-13-23/h1-16,27,30H,17-21H2/t27-,28+/m0/s1. The highest BCUT2D eigenvalue weighted by Crippen LogP contribution is 2.30. The first-order valence-electron chi connectivity index (χ1n) is 11.0. The van der Waals surface area contributed by atoms with Gasteiger partial charge in [0, 0.05) is 6.42 Å². The highest BCUT2D eigenvalue weighted by atomic mass is 16.5. The molecule has 0 unspecified atom stereocenters. The highest BCUT2D eigenvalue weighted by molar-refractivity contribution is 5.95. The van der Waals surface area contributed by atoms with E-state index in [-0.39, 0.29) is 31.2 Å². The maximum atomic E-state index is 12.8. The fourth-order valence-electron chi connectivity index (χ4n) is 3.73. The number of benzene rings is 3. The van der Waals surface area contributed by atoms with Gasteiger partial charge >= 0.3 is 0 Å². The van der Waals surface area contributed by atoms with E-state index in [1.165, 1.54) is 0 Å². The molecule has 0 aromatic heterocycles. The zero-order valence-corrected chi connectivity index (χ0v) is 18.4. The third-order valence-corrected chi connectivity index (χ3v) is 5.55. The second-order valence-electron chi connectivity index (χ2n) is 8.20. The molecular formula is C28H28O5. The van der Waals surface area contributed by atoms with Gasteiger partial charge in [0.05, 0.1) is 19.8 Å². The van der Waals surface area contributed by atoms with Gasteiger partial charge in [0.1, 0.15) is 18.3 Å². The van der Waals surface area contributed by atoms with Gasteiger partial charge in [-0.3, -0.25) is 4.79 Å². The maximum Gasteiger partial charge on any atom is 0.200 e. The van der Waals surface area contributed by atoms with E-state index >= 15 is 0 Å². The average molecular weight is 445 g/mol. The minimum atomic E-state index is -1.49. The van der Waals surface area contributed by atoms with E-state index < -0.39 is 11.7 Å². The van der Waals surface area contributed by atoms with Crippen molar-refractivity contribution < 1.29 is 24.1 Å². The predicted octanol–water partition coefficient (Wildman–Crippen LogP) is 4.59. The van der Waals surface area contributed by atoms with Crippen LogP contribution in [0.25, 0.3) is 0 Å². The summed E-state index contributed by atoms with van der Waals surface area (Å²) in [5.41, 5.74) is 1.44. The number of hydrogen-bond acceptors (Lipinski definition) is 5. The molecule has 0 bridgehead atoms. The van der Waals surface area contributed by atoms with Crippen molar-refractivity contribution in [3.05, 3.63) is 120 Å². The summed E-state index contributed by atoms with van der Waals surface area (Å²) in [5, 5.41) is 11.4. The van der Waals surface area contributed by atoms with Crippen LogP contribution in [-0.2, 0) is 38.8 Å². The van der Waals surface area contributed by atoms with Crippen molar-refractivity contribution >= 4 is 5.78 Å². The highest BCUT2D eigenvalue weighted by Gasteiger charge is 2.44. The number of ketones is 1. The van der Waals surface area contributed by atoms with Gasteiger partial charge in [0.2, 0.25) is 0 Å². The SMILES string of the molecule is O=C1C[C@@](O)(COCc2ccccc2)[C@@H](OCc2ccccc2)C=C1OCc1ccccc1. The largest absolute Gasteiger partial charge is 0.485 e. The van der Waals surface area contributed by atoms with Crippen LogP contribution in [0.3, 0.4) is 0 Å². The monoisotopic (exact) mass is 444 g/mol. The lowest BCUT2D eigenvalue weighted by Gasteiger charge is -2.37. The fourth-order valence-corrected chi connectivity index (χ4v) is 3.73. The molecule has 1 N–H and O–H groups in total. The van der Waals surface area contributed by atoms with Gasteiger partial charge in [-0.15, -0.1) is 0 Å². The van der Waals surface area contributed by atoms with E-state index in [1.54, 1.807) is 6.08 Å². The molecule has 3 aromatic carbocycles. The van der Waals surface area contributed by atoms with Crippen molar-refractivity contribution in [1.29, 1.82) is 0 Å².